The first-order chi connectivity index (χ1) is 12.0. The Bertz CT molecular complexity index is 735. The van der Waals surface area contributed by atoms with Crippen molar-refractivity contribution in [2.75, 3.05) is 7.11 Å². The summed E-state index contributed by atoms with van der Waals surface area (Å²) in [4.78, 5) is 38.0. The highest BCUT2D eigenvalue weighted by Crippen LogP contribution is 2.21. The number of hydrogen-bond acceptors (Lipinski definition) is 5. The van der Waals surface area contributed by atoms with Crippen molar-refractivity contribution in [2.45, 2.75) is 31.5 Å². The molecule has 0 radical (unpaired) electrons. The summed E-state index contributed by atoms with van der Waals surface area (Å²) in [6, 6.07) is 9.54. The van der Waals surface area contributed by atoms with E-state index in [2.05, 4.69) is 9.53 Å². The topological polar surface area (TPSA) is 106 Å². The minimum absolute atomic E-state index is 0.0349. The predicted molar refractivity (Wildman–Crippen MR) is 88.6 cm³/mol. The van der Waals surface area contributed by atoms with Crippen LogP contribution in [0.3, 0.4) is 0 Å². The molecule has 1 saturated heterocycles. The zero-order valence-corrected chi connectivity index (χ0v) is 13.8. The molecule has 0 bridgehead atoms. The number of benzene rings is 1. The maximum Gasteiger partial charge on any atom is 0.441 e. The molecule has 0 spiro atoms. The molecule has 1 fully saturated rings. The minimum Gasteiger partial charge on any atom is -0.460 e. The molecule has 0 saturated carbocycles. The van der Waals surface area contributed by atoms with E-state index in [0.717, 1.165) is 12.7 Å². The molecular weight excluding hydrogens is 324 g/mol. The highest BCUT2D eigenvalue weighted by molar-refractivity contribution is 6.62. The molecule has 0 aromatic heterocycles. The molecule has 0 N–H and O–H groups in total. The first-order valence-corrected chi connectivity index (χ1v) is 7.77. The highest BCUT2D eigenvalue weighted by atomic mass is 16.5. The molecule has 1 aromatic carbocycles. The summed E-state index contributed by atoms with van der Waals surface area (Å²) in [5.74, 6) is -1.80. The predicted octanol–water partition coefficient (Wildman–Crippen LogP) is 1.62. The number of carbonyl (C=O) groups excluding carboxylic acids is 3. The maximum absolute atomic E-state index is 12.0. The monoisotopic (exact) mass is 342 g/mol. The van der Waals surface area contributed by atoms with E-state index in [4.69, 9.17) is 10.3 Å². The van der Waals surface area contributed by atoms with E-state index >= 15 is 0 Å². The first-order valence-electron chi connectivity index (χ1n) is 7.77. The van der Waals surface area contributed by atoms with Gasteiger partial charge in [0.2, 0.25) is 0 Å². The fourth-order valence-corrected chi connectivity index (χ4v) is 2.53. The molecule has 7 nitrogen and oxygen atoms in total. The zero-order chi connectivity index (χ0) is 18.2. The van der Waals surface area contributed by atoms with Crippen LogP contribution in [0, 0.1) is 0 Å². The number of carbonyl (C=O) groups is 3. The van der Waals surface area contributed by atoms with E-state index < -0.39 is 29.7 Å². The Morgan fingerprint density at radius 3 is 2.68 bits per heavy atom. The smallest absolute Gasteiger partial charge is 0.441 e. The summed E-state index contributed by atoms with van der Waals surface area (Å²) in [5, 5.41) is 0. The van der Waals surface area contributed by atoms with Crippen LogP contribution in [0.2, 0.25) is 0 Å². The van der Waals surface area contributed by atoms with Crippen LogP contribution in [-0.4, -0.2) is 47.4 Å². The normalized spacial score (nSPS) is 20.1. The lowest BCUT2D eigenvalue weighted by atomic mass is 9.97. The third kappa shape index (κ3) is 5.31. The Morgan fingerprint density at radius 2 is 2.04 bits per heavy atom. The van der Waals surface area contributed by atoms with Crippen LogP contribution in [0.1, 0.15) is 24.8 Å². The highest BCUT2D eigenvalue weighted by Gasteiger charge is 2.35. The molecule has 0 amide bonds. The SMILES string of the molecule is COC(=O)C(=[N+]=[N-])C(=O)C[C@H]1CC(=O)C[C@H](/C=C/c2ccccc2)O1. The van der Waals surface area contributed by atoms with Crippen LogP contribution in [-0.2, 0) is 23.9 Å². The van der Waals surface area contributed by atoms with Gasteiger partial charge in [0.05, 0.1) is 19.3 Å². The number of esters is 1. The van der Waals surface area contributed by atoms with Crippen LogP contribution in [0.5, 0.6) is 0 Å². The van der Waals surface area contributed by atoms with Crippen molar-refractivity contribution in [2.24, 2.45) is 0 Å². The number of hydrogen-bond donors (Lipinski definition) is 0. The van der Waals surface area contributed by atoms with Gasteiger partial charge in [0.1, 0.15) is 5.78 Å². The van der Waals surface area contributed by atoms with E-state index in [1.165, 1.54) is 0 Å². The largest absolute Gasteiger partial charge is 0.460 e. The van der Waals surface area contributed by atoms with Gasteiger partial charge in [0.25, 0.3) is 5.78 Å². The van der Waals surface area contributed by atoms with Crippen LogP contribution in [0.15, 0.2) is 36.4 Å². The number of nitrogens with zero attached hydrogens (tertiary/aromatic N) is 2. The van der Waals surface area contributed by atoms with Crippen molar-refractivity contribution in [1.29, 1.82) is 0 Å². The first kappa shape index (κ1) is 18.4. The second-order valence-electron chi connectivity index (χ2n) is 5.58. The van der Waals surface area contributed by atoms with Gasteiger partial charge in [0, 0.05) is 19.3 Å². The van der Waals surface area contributed by atoms with Gasteiger partial charge in [-0.05, 0) is 5.56 Å². The Labute approximate surface area is 144 Å². The Morgan fingerprint density at radius 1 is 1.32 bits per heavy atom. The van der Waals surface area contributed by atoms with Crippen LogP contribution < -0.4 is 0 Å². The third-order valence-electron chi connectivity index (χ3n) is 3.71. The fourth-order valence-electron chi connectivity index (χ4n) is 2.53. The molecule has 1 aliphatic heterocycles. The Kier molecular flexibility index (Phi) is 6.51. The third-order valence-corrected chi connectivity index (χ3v) is 3.71. The average molecular weight is 342 g/mol. The molecular formula is C18H18N2O5. The number of rotatable bonds is 6. The van der Waals surface area contributed by atoms with Crippen molar-refractivity contribution in [1.82, 2.24) is 0 Å². The van der Waals surface area contributed by atoms with E-state index in [-0.39, 0.29) is 25.0 Å². The van der Waals surface area contributed by atoms with Gasteiger partial charge in [-0.3, -0.25) is 9.59 Å². The molecule has 1 heterocycles. The van der Waals surface area contributed by atoms with E-state index in [1.807, 2.05) is 36.4 Å². The summed E-state index contributed by atoms with van der Waals surface area (Å²) in [6.07, 6.45) is 2.54. The Balaban J connectivity index is 2.01. The van der Waals surface area contributed by atoms with Crippen molar-refractivity contribution >= 4 is 29.3 Å². The molecule has 25 heavy (non-hydrogen) atoms. The number of Topliss-reactive ketones (excluding diaryl/α,β-unsaturated/α-hetero) is 2. The van der Waals surface area contributed by atoms with Gasteiger partial charge < -0.3 is 15.0 Å². The van der Waals surface area contributed by atoms with Gasteiger partial charge in [-0.25, -0.2) is 4.79 Å². The van der Waals surface area contributed by atoms with Crippen molar-refractivity contribution < 1.29 is 28.6 Å². The molecule has 2 atom stereocenters. The van der Waals surface area contributed by atoms with Gasteiger partial charge in [-0.15, -0.1) is 0 Å². The second kappa shape index (κ2) is 8.82. The van der Waals surface area contributed by atoms with Crippen LogP contribution in [0.4, 0.5) is 0 Å². The summed E-state index contributed by atoms with van der Waals surface area (Å²) < 4.78 is 10.1. The molecule has 7 heteroatoms. The number of ketones is 2. The average Bonchev–Trinajstić information content (AvgIpc) is 2.60. The Hall–Kier alpha value is -2.89. The zero-order valence-electron chi connectivity index (χ0n) is 13.8. The van der Waals surface area contributed by atoms with Gasteiger partial charge in [-0.2, -0.15) is 4.79 Å². The van der Waals surface area contributed by atoms with Crippen molar-refractivity contribution in [3.8, 4) is 0 Å². The quantitative estimate of drug-likeness (QED) is 0.257. The molecule has 0 unspecified atom stereocenters. The summed E-state index contributed by atoms with van der Waals surface area (Å²) >= 11 is 0. The summed E-state index contributed by atoms with van der Waals surface area (Å²) in [7, 11) is 1.08. The number of ether oxygens (including phenoxy) is 2. The van der Waals surface area contributed by atoms with E-state index in [0.29, 0.717) is 0 Å². The van der Waals surface area contributed by atoms with Crippen molar-refractivity contribution in [3.63, 3.8) is 0 Å². The second-order valence-corrected chi connectivity index (χ2v) is 5.58. The minimum atomic E-state index is -1.03. The fraction of sp³-hybridized carbons (Fsp3) is 0.333. The van der Waals surface area contributed by atoms with Gasteiger partial charge in [0.15, 0.2) is 0 Å². The molecule has 1 aliphatic rings. The van der Waals surface area contributed by atoms with Crippen LogP contribution >= 0.6 is 0 Å². The standard InChI is InChI=1S/C18H18N2O5/c1-24-18(23)17(20-19)16(22)11-15-10-13(21)9-14(25-15)8-7-12-5-3-2-4-6-12/h2-8,14-15H,9-11H2,1H3/b8-7+/t14-,15+/m0/s1. The maximum atomic E-state index is 12.0. The van der Waals surface area contributed by atoms with Gasteiger partial charge in [-0.1, -0.05) is 42.5 Å². The lowest BCUT2D eigenvalue weighted by Crippen LogP contribution is -2.36. The van der Waals surface area contributed by atoms with Crippen molar-refractivity contribution in [3.05, 3.63) is 47.5 Å². The summed E-state index contributed by atoms with van der Waals surface area (Å²) in [6.45, 7) is 0. The lowest BCUT2D eigenvalue weighted by Gasteiger charge is -2.26. The number of methoxy groups -OCH3 is 1. The van der Waals surface area contributed by atoms with E-state index in [1.54, 1.807) is 6.08 Å². The molecule has 130 valence electrons. The lowest BCUT2D eigenvalue weighted by molar-refractivity contribution is -0.140. The van der Waals surface area contributed by atoms with Gasteiger partial charge >= 0.3 is 11.7 Å². The summed E-state index contributed by atoms with van der Waals surface area (Å²) in [5.41, 5.74) is 9.05. The molecule has 2 rings (SSSR count). The molecule has 1 aromatic rings. The molecule has 0 aliphatic carbocycles. The van der Waals surface area contributed by atoms with E-state index in [9.17, 15) is 14.4 Å². The van der Waals surface area contributed by atoms with Crippen LogP contribution in [0.25, 0.3) is 11.6 Å².